The monoisotopic (exact) mass is 300 g/mol. The van der Waals surface area contributed by atoms with Crippen LogP contribution in [-0.2, 0) is 9.47 Å². The van der Waals surface area contributed by atoms with Crippen LogP contribution < -0.4 is 0 Å². The van der Waals surface area contributed by atoms with Gasteiger partial charge in [-0.25, -0.2) is 0 Å². The quantitative estimate of drug-likeness (QED) is 0.759. The van der Waals surface area contributed by atoms with E-state index in [2.05, 4.69) is 23.8 Å². The molecule has 2 aliphatic rings. The number of hydrogen-bond donors (Lipinski definition) is 1. The van der Waals surface area contributed by atoms with Gasteiger partial charge in [0.25, 0.3) is 0 Å². The summed E-state index contributed by atoms with van der Waals surface area (Å²) in [5, 5.41) is 10.0. The first kappa shape index (κ1) is 17.2. The van der Waals surface area contributed by atoms with Crippen LogP contribution >= 0.6 is 0 Å². The Kier molecular flexibility index (Phi) is 6.44. The predicted octanol–water partition coefficient (Wildman–Crippen LogP) is 0.956. The molecule has 0 aromatic heterocycles. The Morgan fingerprint density at radius 1 is 1.14 bits per heavy atom. The van der Waals surface area contributed by atoms with Crippen molar-refractivity contribution in [2.45, 2.75) is 64.1 Å². The zero-order chi connectivity index (χ0) is 15.4. The highest BCUT2D eigenvalue weighted by Crippen LogP contribution is 2.18. The Labute approximate surface area is 129 Å². The molecule has 1 N–H and O–H groups in total. The maximum atomic E-state index is 10.0. The first-order valence-corrected chi connectivity index (χ1v) is 8.34. The molecule has 0 bridgehead atoms. The summed E-state index contributed by atoms with van der Waals surface area (Å²) in [7, 11) is 2.15. The fourth-order valence-corrected chi connectivity index (χ4v) is 3.27. The number of β-amino-alcohol motifs (C(OH)–C–C–N with tert-alkyl or cyclic N) is 1. The van der Waals surface area contributed by atoms with E-state index >= 15 is 0 Å². The molecule has 124 valence electrons. The lowest BCUT2D eigenvalue weighted by Crippen LogP contribution is -2.30. The van der Waals surface area contributed by atoms with Crippen LogP contribution in [0.4, 0.5) is 0 Å². The molecule has 2 saturated heterocycles. The van der Waals surface area contributed by atoms with Gasteiger partial charge < -0.3 is 19.5 Å². The van der Waals surface area contributed by atoms with Crippen LogP contribution in [0.2, 0.25) is 0 Å². The highest BCUT2D eigenvalue weighted by molar-refractivity contribution is 4.85. The molecule has 5 heteroatoms. The van der Waals surface area contributed by atoms with Crippen molar-refractivity contribution >= 4 is 0 Å². The molecule has 2 rings (SSSR count). The molecule has 4 atom stereocenters. The first-order chi connectivity index (χ1) is 9.94. The molecule has 21 heavy (non-hydrogen) atoms. The van der Waals surface area contributed by atoms with Crippen LogP contribution in [0.5, 0.6) is 0 Å². The van der Waals surface area contributed by atoms with Crippen LogP contribution in [0, 0.1) is 0 Å². The molecule has 4 unspecified atom stereocenters. The van der Waals surface area contributed by atoms with E-state index < -0.39 is 0 Å². The van der Waals surface area contributed by atoms with E-state index in [0.29, 0.717) is 6.10 Å². The second-order valence-electron chi connectivity index (χ2n) is 6.96. The van der Waals surface area contributed by atoms with Gasteiger partial charge in [0, 0.05) is 32.7 Å². The van der Waals surface area contributed by atoms with Crippen LogP contribution in [-0.4, -0.2) is 85.2 Å². The van der Waals surface area contributed by atoms with E-state index in [-0.39, 0.29) is 24.4 Å². The van der Waals surface area contributed by atoms with Crippen LogP contribution in [0.1, 0.15) is 33.6 Å². The van der Waals surface area contributed by atoms with Gasteiger partial charge in [-0.3, -0.25) is 4.90 Å². The summed E-state index contributed by atoms with van der Waals surface area (Å²) in [6.07, 6.45) is 2.62. The van der Waals surface area contributed by atoms with Gasteiger partial charge in [-0.15, -0.1) is 0 Å². The number of likely N-dealkylation sites (N-methyl/N-ethyl adjacent to an activating group) is 1. The largest absolute Gasteiger partial charge is 0.389 e. The standard InChI is InChI=1S/C16H32N2O3/c1-12(2)20-16-11-18(10-15(16)19)8-5-13(3)21-14-6-7-17(4)9-14/h12-16,19H,5-11H2,1-4H3. The maximum absolute atomic E-state index is 10.0. The smallest absolute Gasteiger partial charge is 0.0976 e. The van der Waals surface area contributed by atoms with Crippen LogP contribution in [0.15, 0.2) is 0 Å². The molecule has 0 amide bonds. The second-order valence-corrected chi connectivity index (χ2v) is 6.96. The summed E-state index contributed by atoms with van der Waals surface area (Å²) in [4.78, 5) is 4.61. The van der Waals surface area contributed by atoms with Crippen molar-refractivity contribution in [1.29, 1.82) is 0 Å². The van der Waals surface area contributed by atoms with Gasteiger partial charge in [0.1, 0.15) is 0 Å². The predicted molar refractivity (Wildman–Crippen MR) is 83.5 cm³/mol. The number of nitrogens with zero attached hydrogens (tertiary/aromatic N) is 2. The molecule has 0 spiro atoms. The normalized spacial score (nSPS) is 33.1. The fourth-order valence-electron chi connectivity index (χ4n) is 3.27. The lowest BCUT2D eigenvalue weighted by Gasteiger charge is -2.22. The van der Waals surface area contributed by atoms with Crippen molar-refractivity contribution in [3.63, 3.8) is 0 Å². The fraction of sp³-hybridized carbons (Fsp3) is 1.00. The molecular weight excluding hydrogens is 268 g/mol. The van der Waals surface area contributed by atoms with Gasteiger partial charge in [-0.1, -0.05) is 0 Å². The van der Waals surface area contributed by atoms with Crippen LogP contribution in [0.3, 0.4) is 0 Å². The zero-order valence-corrected chi connectivity index (χ0v) is 14.0. The van der Waals surface area contributed by atoms with Crippen molar-refractivity contribution in [3.8, 4) is 0 Å². The number of ether oxygens (including phenoxy) is 2. The zero-order valence-electron chi connectivity index (χ0n) is 14.0. The number of aliphatic hydroxyl groups excluding tert-OH is 1. The average Bonchev–Trinajstić information content (AvgIpc) is 2.94. The minimum Gasteiger partial charge on any atom is -0.389 e. The van der Waals surface area contributed by atoms with Crippen molar-refractivity contribution in [1.82, 2.24) is 9.80 Å². The minimum atomic E-state index is -0.355. The van der Waals surface area contributed by atoms with Crippen molar-refractivity contribution < 1.29 is 14.6 Å². The number of hydrogen-bond acceptors (Lipinski definition) is 5. The number of aliphatic hydroxyl groups is 1. The highest BCUT2D eigenvalue weighted by Gasteiger charge is 2.32. The van der Waals surface area contributed by atoms with Gasteiger partial charge in [0.15, 0.2) is 0 Å². The van der Waals surface area contributed by atoms with Gasteiger partial charge in [0.05, 0.1) is 30.5 Å². The van der Waals surface area contributed by atoms with Crippen molar-refractivity contribution in [2.24, 2.45) is 0 Å². The van der Waals surface area contributed by atoms with Crippen molar-refractivity contribution in [2.75, 3.05) is 39.8 Å². The molecule has 0 radical (unpaired) electrons. The molecule has 0 saturated carbocycles. The Hall–Kier alpha value is -0.200. The number of rotatable bonds is 7. The Morgan fingerprint density at radius 3 is 2.52 bits per heavy atom. The molecule has 2 aliphatic heterocycles. The first-order valence-electron chi connectivity index (χ1n) is 8.34. The Balaban J connectivity index is 1.64. The third-order valence-corrected chi connectivity index (χ3v) is 4.38. The van der Waals surface area contributed by atoms with E-state index in [1.165, 1.54) is 0 Å². The molecule has 0 aromatic rings. The molecule has 5 nitrogen and oxygen atoms in total. The average molecular weight is 300 g/mol. The van der Waals surface area contributed by atoms with E-state index in [4.69, 9.17) is 9.47 Å². The summed E-state index contributed by atoms with van der Waals surface area (Å²) in [6, 6.07) is 0. The summed E-state index contributed by atoms with van der Waals surface area (Å²) in [5.74, 6) is 0. The topological polar surface area (TPSA) is 45.2 Å². The van der Waals surface area contributed by atoms with Gasteiger partial charge >= 0.3 is 0 Å². The van der Waals surface area contributed by atoms with E-state index in [9.17, 15) is 5.11 Å². The third kappa shape index (κ3) is 5.49. The molecule has 0 aromatic carbocycles. The minimum absolute atomic E-state index is 0.0373. The molecule has 2 heterocycles. The van der Waals surface area contributed by atoms with E-state index in [1.807, 2.05) is 13.8 Å². The van der Waals surface area contributed by atoms with Crippen molar-refractivity contribution in [3.05, 3.63) is 0 Å². The third-order valence-electron chi connectivity index (χ3n) is 4.38. The van der Waals surface area contributed by atoms with Gasteiger partial charge in [-0.05, 0) is 40.7 Å². The SMILES string of the molecule is CC(C)OC1CN(CCC(C)OC2CCN(C)C2)CC1O. The lowest BCUT2D eigenvalue weighted by atomic mass is 10.2. The Morgan fingerprint density at radius 2 is 1.90 bits per heavy atom. The summed E-state index contributed by atoms with van der Waals surface area (Å²) >= 11 is 0. The van der Waals surface area contributed by atoms with E-state index in [1.54, 1.807) is 0 Å². The molecule has 2 fully saturated rings. The lowest BCUT2D eigenvalue weighted by molar-refractivity contribution is -0.0398. The number of likely N-dealkylation sites (tertiary alicyclic amines) is 2. The molecule has 0 aliphatic carbocycles. The van der Waals surface area contributed by atoms with Gasteiger partial charge in [-0.2, -0.15) is 0 Å². The van der Waals surface area contributed by atoms with Crippen LogP contribution in [0.25, 0.3) is 0 Å². The summed E-state index contributed by atoms with van der Waals surface area (Å²) in [5.41, 5.74) is 0. The maximum Gasteiger partial charge on any atom is 0.0976 e. The van der Waals surface area contributed by atoms with Gasteiger partial charge in [0.2, 0.25) is 0 Å². The second kappa shape index (κ2) is 7.88. The summed E-state index contributed by atoms with van der Waals surface area (Å²) < 4.78 is 11.8. The van der Waals surface area contributed by atoms with E-state index in [0.717, 1.165) is 45.6 Å². The molecular formula is C16H32N2O3. The summed E-state index contributed by atoms with van der Waals surface area (Å²) in [6.45, 7) is 10.9. The Bertz CT molecular complexity index is 314. The highest BCUT2D eigenvalue weighted by atomic mass is 16.5.